The van der Waals surface area contributed by atoms with Crippen molar-refractivity contribution in [2.24, 2.45) is 0 Å². The molecule has 0 radical (unpaired) electrons. The Kier molecular flexibility index (Phi) is 8.09. The van der Waals surface area contributed by atoms with Gasteiger partial charge in [-0.3, -0.25) is 4.90 Å². The van der Waals surface area contributed by atoms with E-state index in [1.807, 2.05) is 6.07 Å². The van der Waals surface area contributed by atoms with Crippen molar-refractivity contribution in [1.82, 2.24) is 14.6 Å². The number of aromatic nitrogens is 1. The number of anilines is 1. The number of pyridine rings is 1. The highest BCUT2D eigenvalue weighted by molar-refractivity contribution is 7.89. The first-order valence-electron chi connectivity index (χ1n) is 10.9. The molecule has 2 aliphatic rings. The molecule has 0 unspecified atom stereocenters. The smallest absolute Gasteiger partial charge is 0.258 e. The van der Waals surface area contributed by atoms with Crippen LogP contribution in [0.2, 0.25) is 0 Å². The lowest BCUT2D eigenvalue weighted by Crippen LogP contribution is -2.43. The number of nitrogens with zero attached hydrogens (tertiary/aromatic N) is 3. The molecule has 2 fully saturated rings. The SMILES string of the molecule is COCCN1CCCN(c2cccc(S(=O)(=O)NC3CCC(C)(OC)CC3)n2)CC1. The molecule has 1 saturated carbocycles. The predicted molar refractivity (Wildman–Crippen MR) is 117 cm³/mol. The summed E-state index contributed by atoms with van der Waals surface area (Å²) in [4.78, 5) is 9.07. The van der Waals surface area contributed by atoms with Crippen LogP contribution in [-0.4, -0.2) is 83.5 Å². The van der Waals surface area contributed by atoms with E-state index in [0.717, 1.165) is 77.3 Å². The summed E-state index contributed by atoms with van der Waals surface area (Å²) in [6.07, 6.45) is 4.25. The molecule has 170 valence electrons. The largest absolute Gasteiger partial charge is 0.383 e. The summed E-state index contributed by atoms with van der Waals surface area (Å²) < 4.78 is 39.5. The van der Waals surface area contributed by atoms with Crippen LogP contribution in [0.25, 0.3) is 0 Å². The third-order valence-corrected chi connectivity index (χ3v) is 7.79. The topological polar surface area (TPSA) is 84.0 Å². The minimum Gasteiger partial charge on any atom is -0.383 e. The van der Waals surface area contributed by atoms with Crippen LogP contribution >= 0.6 is 0 Å². The maximum atomic E-state index is 13.0. The van der Waals surface area contributed by atoms with Crippen LogP contribution < -0.4 is 9.62 Å². The molecule has 1 aliphatic carbocycles. The van der Waals surface area contributed by atoms with Gasteiger partial charge in [0.25, 0.3) is 10.0 Å². The Labute approximate surface area is 181 Å². The van der Waals surface area contributed by atoms with Crippen molar-refractivity contribution in [1.29, 1.82) is 0 Å². The van der Waals surface area contributed by atoms with Gasteiger partial charge in [-0.25, -0.2) is 18.1 Å². The van der Waals surface area contributed by atoms with E-state index in [1.54, 1.807) is 26.4 Å². The minimum absolute atomic E-state index is 0.0730. The lowest BCUT2D eigenvalue weighted by molar-refractivity contribution is -0.0276. The third-order valence-electron chi connectivity index (χ3n) is 6.37. The van der Waals surface area contributed by atoms with Crippen LogP contribution in [0.5, 0.6) is 0 Å². The molecular formula is C21H36N4O4S. The molecule has 1 aliphatic heterocycles. The van der Waals surface area contributed by atoms with Crippen molar-refractivity contribution in [2.45, 2.75) is 55.7 Å². The van der Waals surface area contributed by atoms with E-state index in [0.29, 0.717) is 0 Å². The molecule has 0 amide bonds. The van der Waals surface area contributed by atoms with Crippen LogP contribution in [0, 0.1) is 0 Å². The fourth-order valence-corrected chi connectivity index (χ4v) is 5.47. The molecule has 0 aromatic carbocycles. The normalized spacial score (nSPS) is 26.5. The van der Waals surface area contributed by atoms with Gasteiger partial charge in [-0.05, 0) is 57.7 Å². The van der Waals surface area contributed by atoms with E-state index in [9.17, 15) is 8.42 Å². The van der Waals surface area contributed by atoms with Gasteiger partial charge in [-0.1, -0.05) is 6.07 Å². The molecule has 2 heterocycles. The Morgan fingerprint density at radius 3 is 2.63 bits per heavy atom. The van der Waals surface area contributed by atoms with Gasteiger partial charge in [0.1, 0.15) is 5.82 Å². The fraction of sp³-hybridized carbons (Fsp3) is 0.762. The average molecular weight is 441 g/mol. The number of nitrogens with one attached hydrogen (secondary N) is 1. The van der Waals surface area contributed by atoms with Gasteiger partial charge in [-0.2, -0.15) is 0 Å². The lowest BCUT2D eigenvalue weighted by atomic mass is 9.84. The molecular weight excluding hydrogens is 404 g/mol. The quantitative estimate of drug-likeness (QED) is 0.661. The van der Waals surface area contributed by atoms with Crippen LogP contribution in [0.15, 0.2) is 23.2 Å². The van der Waals surface area contributed by atoms with Gasteiger partial charge < -0.3 is 14.4 Å². The van der Waals surface area contributed by atoms with Crippen molar-refractivity contribution in [3.8, 4) is 0 Å². The zero-order valence-electron chi connectivity index (χ0n) is 18.5. The summed E-state index contributed by atoms with van der Waals surface area (Å²) in [6.45, 7) is 7.35. The Morgan fingerprint density at radius 2 is 1.93 bits per heavy atom. The van der Waals surface area contributed by atoms with Crippen LogP contribution in [0.1, 0.15) is 39.0 Å². The zero-order valence-corrected chi connectivity index (χ0v) is 19.3. The Balaban J connectivity index is 1.63. The number of hydrogen-bond acceptors (Lipinski definition) is 7. The van der Waals surface area contributed by atoms with Crippen molar-refractivity contribution in [2.75, 3.05) is 58.5 Å². The van der Waals surface area contributed by atoms with Crippen molar-refractivity contribution in [3.05, 3.63) is 18.2 Å². The van der Waals surface area contributed by atoms with Gasteiger partial charge in [0.2, 0.25) is 0 Å². The molecule has 30 heavy (non-hydrogen) atoms. The molecule has 1 aromatic heterocycles. The number of ether oxygens (including phenoxy) is 2. The number of sulfonamides is 1. The second kappa shape index (κ2) is 10.4. The molecule has 0 bridgehead atoms. The molecule has 9 heteroatoms. The van der Waals surface area contributed by atoms with Crippen LogP contribution in [-0.2, 0) is 19.5 Å². The highest BCUT2D eigenvalue weighted by Crippen LogP contribution is 2.31. The molecule has 1 aromatic rings. The molecule has 1 N–H and O–H groups in total. The first-order chi connectivity index (χ1) is 14.3. The van der Waals surface area contributed by atoms with Crippen molar-refractivity contribution in [3.63, 3.8) is 0 Å². The van der Waals surface area contributed by atoms with Gasteiger partial charge in [0.15, 0.2) is 5.03 Å². The number of hydrogen-bond donors (Lipinski definition) is 1. The van der Waals surface area contributed by atoms with Gasteiger partial charge in [0.05, 0.1) is 12.2 Å². The molecule has 1 saturated heterocycles. The van der Waals surface area contributed by atoms with Gasteiger partial charge >= 0.3 is 0 Å². The first kappa shape index (κ1) is 23.4. The summed E-state index contributed by atoms with van der Waals surface area (Å²) in [5, 5.41) is 0.0977. The van der Waals surface area contributed by atoms with Gasteiger partial charge in [-0.15, -0.1) is 0 Å². The lowest BCUT2D eigenvalue weighted by Gasteiger charge is -2.36. The van der Waals surface area contributed by atoms with Crippen molar-refractivity contribution >= 4 is 15.8 Å². The monoisotopic (exact) mass is 440 g/mol. The van der Waals surface area contributed by atoms with E-state index in [1.165, 1.54) is 0 Å². The summed E-state index contributed by atoms with van der Waals surface area (Å²) in [5.74, 6) is 0.724. The average Bonchev–Trinajstić information content (AvgIpc) is 3.00. The highest BCUT2D eigenvalue weighted by atomic mass is 32.2. The predicted octanol–water partition coefficient (Wildman–Crippen LogP) is 1.87. The third kappa shape index (κ3) is 6.13. The molecule has 3 rings (SSSR count). The maximum absolute atomic E-state index is 13.0. The van der Waals surface area contributed by atoms with Gasteiger partial charge in [0, 0.05) is 46.4 Å². The molecule has 0 atom stereocenters. The molecule has 0 spiro atoms. The molecule has 8 nitrogen and oxygen atoms in total. The number of methoxy groups -OCH3 is 2. The Morgan fingerprint density at radius 1 is 1.17 bits per heavy atom. The Hall–Kier alpha value is -1.26. The van der Waals surface area contributed by atoms with Crippen molar-refractivity contribution < 1.29 is 17.9 Å². The Bertz CT molecular complexity index is 781. The summed E-state index contributed by atoms with van der Waals surface area (Å²) >= 11 is 0. The number of rotatable bonds is 8. The minimum atomic E-state index is -3.65. The second-order valence-electron chi connectivity index (χ2n) is 8.56. The zero-order chi connectivity index (χ0) is 21.6. The fourth-order valence-electron chi connectivity index (χ4n) is 4.20. The summed E-state index contributed by atoms with van der Waals surface area (Å²) in [5.41, 5.74) is -0.149. The summed E-state index contributed by atoms with van der Waals surface area (Å²) in [7, 11) is -0.211. The van der Waals surface area contributed by atoms with Crippen LogP contribution in [0.3, 0.4) is 0 Å². The maximum Gasteiger partial charge on any atom is 0.258 e. The van der Waals surface area contributed by atoms with E-state index < -0.39 is 10.0 Å². The standard InChI is InChI=1S/C21H36N4O4S/c1-21(29-3)10-8-18(9-11-21)23-30(26,27)20-7-4-6-19(22-20)25-13-5-12-24(14-15-25)16-17-28-2/h4,6-7,18,23H,5,8-17H2,1-3H3. The van der Waals surface area contributed by atoms with E-state index in [2.05, 4.69) is 26.4 Å². The van der Waals surface area contributed by atoms with E-state index >= 15 is 0 Å². The highest BCUT2D eigenvalue weighted by Gasteiger charge is 2.33. The summed E-state index contributed by atoms with van der Waals surface area (Å²) in [6, 6.07) is 5.19. The first-order valence-corrected chi connectivity index (χ1v) is 12.3. The second-order valence-corrected chi connectivity index (χ2v) is 10.2. The van der Waals surface area contributed by atoms with Crippen LogP contribution in [0.4, 0.5) is 5.82 Å². The van der Waals surface area contributed by atoms with E-state index in [-0.39, 0.29) is 16.7 Å². The van der Waals surface area contributed by atoms with E-state index in [4.69, 9.17) is 9.47 Å².